The zero-order chi connectivity index (χ0) is 9.19. The Kier molecular flexibility index (Phi) is 3.35. The molecule has 0 spiro atoms. The van der Waals surface area contributed by atoms with Crippen molar-refractivity contribution >= 4 is 8.07 Å². The molecule has 0 aliphatic heterocycles. The van der Waals surface area contributed by atoms with Gasteiger partial charge in [0.05, 0.1) is 6.10 Å². The average Bonchev–Trinajstić information content (AvgIpc) is 1.91. The molecule has 0 amide bonds. The molecule has 0 aromatic rings. The molecule has 72 valence electrons. The molecule has 0 radical (unpaired) electrons. The Morgan fingerprint density at radius 1 is 1.17 bits per heavy atom. The van der Waals surface area contributed by atoms with E-state index in [0.29, 0.717) is 5.92 Å². The summed E-state index contributed by atoms with van der Waals surface area (Å²) in [4.78, 5) is 0. The Morgan fingerprint density at radius 3 is 2.25 bits per heavy atom. The molecule has 1 rings (SSSR count). The SMILES string of the molecule is C[Si](C)(C)C[C@H]1CCCC[C@@H]1O. The zero-order valence-electron chi connectivity index (χ0n) is 8.64. The summed E-state index contributed by atoms with van der Waals surface area (Å²) in [5.41, 5.74) is 0. The van der Waals surface area contributed by atoms with Gasteiger partial charge in [-0.2, -0.15) is 0 Å². The Morgan fingerprint density at radius 2 is 1.75 bits per heavy atom. The van der Waals surface area contributed by atoms with Gasteiger partial charge in [0.1, 0.15) is 0 Å². The van der Waals surface area contributed by atoms with E-state index in [1.165, 1.54) is 25.3 Å². The second-order valence-corrected chi connectivity index (χ2v) is 10.9. The highest BCUT2D eigenvalue weighted by atomic mass is 28.3. The van der Waals surface area contributed by atoms with E-state index in [1.54, 1.807) is 0 Å². The van der Waals surface area contributed by atoms with Crippen LogP contribution < -0.4 is 0 Å². The molecule has 2 heteroatoms. The lowest BCUT2D eigenvalue weighted by Gasteiger charge is -2.31. The number of rotatable bonds is 2. The Labute approximate surface area is 77.2 Å². The molecule has 0 aromatic heterocycles. The van der Waals surface area contributed by atoms with Gasteiger partial charge in [-0.3, -0.25) is 0 Å². The lowest BCUT2D eigenvalue weighted by molar-refractivity contribution is 0.0786. The predicted molar refractivity (Wildman–Crippen MR) is 56.1 cm³/mol. The normalized spacial score (nSPS) is 32.0. The first-order valence-electron chi connectivity index (χ1n) is 5.17. The maximum absolute atomic E-state index is 9.75. The number of aliphatic hydroxyl groups excluding tert-OH is 1. The molecule has 1 saturated carbocycles. The van der Waals surface area contributed by atoms with Crippen LogP contribution in [0.4, 0.5) is 0 Å². The van der Waals surface area contributed by atoms with Crippen molar-refractivity contribution < 1.29 is 5.11 Å². The third kappa shape index (κ3) is 3.28. The molecule has 2 atom stereocenters. The highest BCUT2D eigenvalue weighted by Crippen LogP contribution is 2.31. The van der Waals surface area contributed by atoms with Crippen molar-refractivity contribution in [1.29, 1.82) is 0 Å². The van der Waals surface area contributed by atoms with Crippen molar-refractivity contribution in [2.24, 2.45) is 5.92 Å². The van der Waals surface area contributed by atoms with Crippen LogP contribution in [0.2, 0.25) is 25.7 Å². The summed E-state index contributed by atoms with van der Waals surface area (Å²) in [6, 6.07) is 1.31. The standard InChI is InChI=1S/C10H22OSi/c1-12(2,3)8-9-6-4-5-7-10(9)11/h9-11H,4-8H2,1-3H3/t9-,10+/m1/s1. The third-order valence-electron chi connectivity index (χ3n) is 2.74. The van der Waals surface area contributed by atoms with Gasteiger partial charge in [0.25, 0.3) is 0 Å². The second kappa shape index (κ2) is 3.92. The van der Waals surface area contributed by atoms with Gasteiger partial charge in [-0.05, 0) is 18.8 Å². The van der Waals surface area contributed by atoms with Crippen molar-refractivity contribution in [2.45, 2.75) is 57.5 Å². The maximum atomic E-state index is 9.75. The summed E-state index contributed by atoms with van der Waals surface area (Å²) in [5.74, 6) is 0.630. The first-order chi connectivity index (χ1) is 5.49. The molecule has 0 saturated heterocycles. The van der Waals surface area contributed by atoms with Gasteiger partial charge >= 0.3 is 0 Å². The average molecular weight is 186 g/mol. The molecule has 1 nitrogen and oxygen atoms in total. The van der Waals surface area contributed by atoms with Crippen LogP contribution >= 0.6 is 0 Å². The second-order valence-electron chi connectivity index (χ2n) is 5.38. The molecule has 1 fully saturated rings. The molecule has 1 aliphatic carbocycles. The third-order valence-corrected chi connectivity index (χ3v) is 4.49. The highest BCUT2D eigenvalue weighted by molar-refractivity contribution is 6.76. The fraction of sp³-hybridized carbons (Fsp3) is 1.00. The minimum Gasteiger partial charge on any atom is -0.393 e. The van der Waals surface area contributed by atoms with Crippen molar-refractivity contribution in [3.8, 4) is 0 Å². The van der Waals surface area contributed by atoms with Crippen LogP contribution in [0.3, 0.4) is 0 Å². The van der Waals surface area contributed by atoms with Crippen molar-refractivity contribution in [3.05, 3.63) is 0 Å². The zero-order valence-corrected chi connectivity index (χ0v) is 9.64. The summed E-state index contributed by atoms with van der Waals surface area (Å²) in [7, 11) is -0.946. The first-order valence-corrected chi connectivity index (χ1v) is 8.88. The van der Waals surface area contributed by atoms with E-state index in [0.717, 1.165) is 6.42 Å². The molecular weight excluding hydrogens is 164 g/mol. The Hall–Kier alpha value is 0.177. The van der Waals surface area contributed by atoms with Crippen molar-refractivity contribution in [1.82, 2.24) is 0 Å². The van der Waals surface area contributed by atoms with E-state index in [4.69, 9.17) is 0 Å². The molecule has 1 N–H and O–H groups in total. The Bertz CT molecular complexity index is 139. The summed E-state index contributed by atoms with van der Waals surface area (Å²) < 4.78 is 0. The molecule has 0 aromatic carbocycles. The fourth-order valence-electron chi connectivity index (χ4n) is 2.21. The van der Waals surface area contributed by atoms with Gasteiger partial charge in [-0.15, -0.1) is 0 Å². The van der Waals surface area contributed by atoms with Crippen LogP contribution in [0.5, 0.6) is 0 Å². The molecular formula is C10H22OSi. The van der Waals surface area contributed by atoms with Gasteiger partial charge < -0.3 is 5.11 Å². The van der Waals surface area contributed by atoms with Gasteiger partial charge in [-0.25, -0.2) is 0 Å². The smallest absolute Gasteiger partial charge is 0.0565 e. The number of hydrogen-bond donors (Lipinski definition) is 1. The van der Waals surface area contributed by atoms with Crippen LogP contribution in [0, 0.1) is 5.92 Å². The first kappa shape index (κ1) is 10.3. The van der Waals surface area contributed by atoms with E-state index < -0.39 is 8.07 Å². The monoisotopic (exact) mass is 186 g/mol. The quantitative estimate of drug-likeness (QED) is 0.658. The van der Waals surface area contributed by atoms with Gasteiger partial charge in [0.2, 0.25) is 0 Å². The minimum absolute atomic E-state index is 0.0190. The summed E-state index contributed by atoms with van der Waals surface area (Å²) >= 11 is 0. The Balaban J connectivity index is 2.39. The molecule has 12 heavy (non-hydrogen) atoms. The van der Waals surface area contributed by atoms with E-state index in [2.05, 4.69) is 19.6 Å². The summed E-state index contributed by atoms with van der Waals surface area (Å²) in [5, 5.41) is 9.75. The van der Waals surface area contributed by atoms with Gasteiger partial charge in [-0.1, -0.05) is 38.5 Å². The number of aliphatic hydroxyl groups is 1. The minimum atomic E-state index is -0.946. The highest BCUT2D eigenvalue weighted by Gasteiger charge is 2.27. The van der Waals surface area contributed by atoms with Crippen LogP contribution in [0.1, 0.15) is 25.7 Å². The molecule has 1 aliphatic rings. The van der Waals surface area contributed by atoms with E-state index >= 15 is 0 Å². The molecule has 0 unspecified atom stereocenters. The van der Waals surface area contributed by atoms with E-state index in [9.17, 15) is 5.11 Å². The van der Waals surface area contributed by atoms with E-state index in [-0.39, 0.29) is 6.10 Å². The van der Waals surface area contributed by atoms with Crippen molar-refractivity contribution in [3.63, 3.8) is 0 Å². The fourth-order valence-corrected chi connectivity index (χ4v) is 4.26. The predicted octanol–water partition coefficient (Wildman–Crippen LogP) is 2.88. The topological polar surface area (TPSA) is 20.2 Å². The summed E-state index contributed by atoms with van der Waals surface area (Å²) in [6.45, 7) is 7.19. The lowest BCUT2D eigenvalue weighted by atomic mass is 9.88. The van der Waals surface area contributed by atoms with E-state index in [1.807, 2.05) is 0 Å². The van der Waals surface area contributed by atoms with Crippen LogP contribution in [0.25, 0.3) is 0 Å². The lowest BCUT2D eigenvalue weighted by Crippen LogP contribution is -2.32. The van der Waals surface area contributed by atoms with Gasteiger partial charge in [0.15, 0.2) is 0 Å². The van der Waals surface area contributed by atoms with Gasteiger partial charge in [0, 0.05) is 8.07 Å². The van der Waals surface area contributed by atoms with Crippen LogP contribution in [0.15, 0.2) is 0 Å². The molecule has 0 heterocycles. The largest absolute Gasteiger partial charge is 0.393 e. The van der Waals surface area contributed by atoms with Crippen LogP contribution in [-0.4, -0.2) is 19.3 Å². The van der Waals surface area contributed by atoms with Crippen molar-refractivity contribution in [2.75, 3.05) is 0 Å². The van der Waals surface area contributed by atoms with Crippen LogP contribution in [-0.2, 0) is 0 Å². The summed E-state index contributed by atoms with van der Waals surface area (Å²) in [6.07, 6.45) is 4.92. The number of hydrogen-bond acceptors (Lipinski definition) is 1. The molecule has 0 bridgehead atoms. The maximum Gasteiger partial charge on any atom is 0.0565 e.